The number of morpholine rings is 1. The molecule has 2 rings (SSSR count). The van der Waals surface area contributed by atoms with Crippen molar-refractivity contribution in [3.63, 3.8) is 0 Å². The first kappa shape index (κ1) is 16.8. The molecule has 22 heavy (non-hydrogen) atoms. The molecule has 1 amide bonds. The lowest BCUT2D eigenvalue weighted by atomic mass is 10.0. The van der Waals surface area contributed by atoms with Gasteiger partial charge in [0.25, 0.3) is 5.56 Å². The Morgan fingerprint density at radius 1 is 1.50 bits per heavy atom. The van der Waals surface area contributed by atoms with Gasteiger partial charge in [0.05, 0.1) is 24.5 Å². The molecule has 1 aliphatic rings. The average Bonchev–Trinajstić information content (AvgIpc) is 2.52. The first-order chi connectivity index (χ1) is 10.5. The maximum Gasteiger partial charge on any atom is 0.258 e. The largest absolute Gasteiger partial charge is 0.493 e. The number of amides is 1. The van der Waals surface area contributed by atoms with Crippen LogP contribution >= 0.6 is 11.8 Å². The van der Waals surface area contributed by atoms with Crippen molar-refractivity contribution < 1.29 is 14.6 Å². The van der Waals surface area contributed by atoms with E-state index < -0.39 is 0 Å². The summed E-state index contributed by atoms with van der Waals surface area (Å²) >= 11 is 1.12. The van der Waals surface area contributed by atoms with Gasteiger partial charge in [0.1, 0.15) is 0 Å². The molecule has 1 saturated heterocycles. The summed E-state index contributed by atoms with van der Waals surface area (Å²) in [6, 6.07) is 0. The fraction of sp³-hybridized carbons (Fsp3) is 0.643. The number of nitrogens with zero attached hydrogens (tertiary/aromatic N) is 2. The monoisotopic (exact) mass is 327 g/mol. The molecule has 0 aliphatic carbocycles. The van der Waals surface area contributed by atoms with E-state index in [9.17, 15) is 14.7 Å². The highest BCUT2D eigenvalue weighted by atomic mass is 32.2. The summed E-state index contributed by atoms with van der Waals surface area (Å²) in [5, 5.41) is 10.2. The van der Waals surface area contributed by atoms with Gasteiger partial charge in [-0.05, 0) is 12.3 Å². The molecule has 1 aromatic heterocycles. The second-order valence-electron chi connectivity index (χ2n) is 5.20. The number of carbonyl (C=O) groups is 1. The van der Waals surface area contributed by atoms with Crippen LogP contribution in [0.3, 0.4) is 0 Å². The number of carbonyl (C=O) groups excluding carboxylic acids is 1. The van der Waals surface area contributed by atoms with Crippen LogP contribution in [0.25, 0.3) is 0 Å². The van der Waals surface area contributed by atoms with Gasteiger partial charge in [-0.25, -0.2) is 0 Å². The number of ether oxygens (including phenoxy) is 1. The van der Waals surface area contributed by atoms with E-state index in [1.54, 1.807) is 4.90 Å². The summed E-state index contributed by atoms with van der Waals surface area (Å²) in [4.78, 5) is 32.4. The van der Waals surface area contributed by atoms with Gasteiger partial charge in [-0.2, -0.15) is 4.98 Å². The van der Waals surface area contributed by atoms with Crippen molar-refractivity contribution in [1.29, 1.82) is 0 Å². The number of aromatic nitrogens is 2. The van der Waals surface area contributed by atoms with E-state index in [0.29, 0.717) is 31.9 Å². The lowest BCUT2D eigenvalue weighted by Crippen LogP contribution is -2.41. The minimum absolute atomic E-state index is 0.0264. The second kappa shape index (κ2) is 7.64. The van der Waals surface area contributed by atoms with Crippen LogP contribution in [0.5, 0.6) is 5.88 Å². The summed E-state index contributed by atoms with van der Waals surface area (Å²) in [5.41, 5.74) is -0.0467. The normalized spacial score (nSPS) is 16.5. The number of H-pyrrole nitrogens is 1. The zero-order valence-electron chi connectivity index (χ0n) is 12.8. The number of nitrogens with one attached hydrogen (secondary N) is 1. The third-order valence-corrected chi connectivity index (χ3v) is 4.57. The summed E-state index contributed by atoms with van der Waals surface area (Å²) in [5.74, 6) is -0.170. The van der Waals surface area contributed by atoms with Crippen molar-refractivity contribution in [2.75, 3.05) is 32.1 Å². The van der Waals surface area contributed by atoms with Gasteiger partial charge >= 0.3 is 0 Å². The summed E-state index contributed by atoms with van der Waals surface area (Å²) < 4.78 is 5.20. The van der Waals surface area contributed by atoms with Gasteiger partial charge in [-0.3, -0.25) is 9.59 Å². The highest BCUT2D eigenvalue weighted by Crippen LogP contribution is 2.24. The molecular weight excluding hydrogens is 306 g/mol. The molecule has 0 spiro atoms. The standard InChI is InChI=1S/C14H21N3O4S/c1-3-9(2)11-12(19)15-14(16-13(11)20)22-8-10(18)17-4-6-21-7-5-17/h9H,3-8H2,1-2H3,(H2,15,16,19,20)/t9-/m0/s1. The van der Waals surface area contributed by atoms with Crippen molar-refractivity contribution in [3.05, 3.63) is 15.9 Å². The molecule has 0 aromatic carbocycles. The van der Waals surface area contributed by atoms with Crippen LogP contribution in [0.15, 0.2) is 9.95 Å². The van der Waals surface area contributed by atoms with Gasteiger partial charge in [0.2, 0.25) is 11.8 Å². The van der Waals surface area contributed by atoms with E-state index in [4.69, 9.17) is 4.74 Å². The molecule has 2 heterocycles. The molecule has 7 nitrogen and oxygen atoms in total. The molecule has 0 saturated carbocycles. The summed E-state index contributed by atoms with van der Waals surface area (Å²) in [7, 11) is 0. The van der Waals surface area contributed by atoms with Crippen LogP contribution in [0.2, 0.25) is 0 Å². The van der Waals surface area contributed by atoms with E-state index in [0.717, 1.165) is 18.2 Å². The fourth-order valence-electron chi connectivity index (χ4n) is 2.20. The lowest BCUT2D eigenvalue weighted by molar-refractivity contribution is -0.132. The van der Waals surface area contributed by atoms with Crippen LogP contribution in [0.4, 0.5) is 0 Å². The van der Waals surface area contributed by atoms with Crippen molar-refractivity contribution in [2.45, 2.75) is 31.3 Å². The number of thioether (sulfide) groups is 1. The Labute approximate surface area is 133 Å². The Morgan fingerprint density at radius 2 is 2.18 bits per heavy atom. The highest BCUT2D eigenvalue weighted by molar-refractivity contribution is 7.99. The first-order valence-electron chi connectivity index (χ1n) is 7.34. The molecule has 122 valence electrons. The minimum Gasteiger partial charge on any atom is -0.493 e. The Kier molecular flexibility index (Phi) is 5.84. The van der Waals surface area contributed by atoms with E-state index in [-0.39, 0.29) is 34.2 Å². The SMILES string of the molecule is CC[C@H](C)c1c(O)nc(SCC(=O)N2CCOCC2)[nH]c1=O. The van der Waals surface area contributed by atoms with Crippen molar-refractivity contribution in [2.24, 2.45) is 0 Å². The second-order valence-corrected chi connectivity index (χ2v) is 6.16. The van der Waals surface area contributed by atoms with E-state index in [2.05, 4.69) is 9.97 Å². The van der Waals surface area contributed by atoms with Gasteiger partial charge in [0.15, 0.2) is 5.16 Å². The molecular formula is C14H21N3O4S. The van der Waals surface area contributed by atoms with E-state index >= 15 is 0 Å². The Hall–Kier alpha value is -1.54. The zero-order chi connectivity index (χ0) is 16.1. The number of aromatic amines is 1. The third kappa shape index (κ3) is 4.01. The predicted octanol–water partition coefficient (Wildman–Crippen LogP) is 0.940. The van der Waals surface area contributed by atoms with Crippen molar-refractivity contribution >= 4 is 17.7 Å². The molecule has 8 heteroatoms. The van der Waals surface area contributed by atoms with Gasteiger partial charge in [0, 0.05) is 13.1 Å². The quantitative estimate of drug-likeness (QED) is 0.617. The average molecular weight is 327 g/mol. The van der Waals surface area contributed by atoms with Gasteiger partial charge in [-0.1, -0.05) is 25.6 Å². The number of hydrogen-bond acceptors (Lipinski definition) is 6. The maximum atomic E-state index is 12.0. The molecule has 0 unspecified atom stereocenters. The van der Waals surface area contributed by atoms with Crippen molar-refractivity contribution in [1.82, 2.24) is 14.9 Å². The molecule has 2 N–H and O–H groups in total. The summed E-state index contributed by atoms with van der Waals surface area (Å²) in [6.45, 7) is 6.07. The van der Waals surface area contributed by atoms with Crippen molar-refractivity contribution in [3.8, 4) is 5.88 Å². The van der Waals surface area contributed by atoms with Crippen LogP contribution in [0.1, 0.15) is 31.7 Å². The van der Waals surface area contributed by atoms with Crippen LogP contribution in [0, 0.1) is 0 Å². The van der Waals surface area contributed by atoms with Crippen LogP contribution in [-0.4, -0.2) is 57.9 Å². The molecule has 0 radical (unpaired) electrons. The Bertz CT molecular complexity index is 584. The molecule has 1 atom stereocenters. The lowest BCUT2D eigenvalue weighted by Gasteiger charge is -2.26. The van der Waals surface area contributed by atoms with Crippen LogP contribution < -0.4 is 5.56 Å². The van der Waals surface area contributed by atoms with Gasteiger partial charge < -0.3 is 19.7 Å². The number of aromatic hydroxyl groups is 1. The number of hydrogen-bond donors (Lipinski definition) is 2. The van der Waals surface area contributed by atoms with Crippen LogP contribution in [-0.2, 0) is 9.53 Å². The fourth-order valence-corrected chi connectivity index (χ4v) is 2.96. The van der Waals surface area contributed by atoms with Gasteiger partial charge in [-0.15, -0.1) is 0 Å². The van der Waals surface area contributed by atoms with E-state index in [1.807, 2.05) is 13.8 Å². The highest BCUT2D eigenvalue weighted by Gasteiger charge is 2.19. The summed E-state index contributed by atoms with van der Waals surface area (Å²) in [6.07, 6.45) is 0.736. The minimum atomic E-state index is -0.344. The molecule has 1 fully saturated rings. The molecule has 1 aliphatic heterocycles. The third-order valence-electron chi connectivity index (χ3n) is 3.71. The number of rotatable bonds is 5. The first-order valence-corrected chi connectivity index (χ1v) is 8.33. The maximum absolute atomic E-state index is 12.0. The Morgan fingerprint density at radius 3 is 2.77 bits per heavy atom. The smallest absolute Gasteiger partial charge is 0.258 e. The Balaban J connectivity index is 2.01. The molecule has 1 aromatic rings. The molecule has 0 bridgehead atoms. The topological polar surface area (TPSA) is 95.5 Å². The zero-order valence-corrected chi connectivity index (χ0v) is 13.6. The predicted molar refractivity (Wildman–Crippen MR) is 83.4 cm³/mol. The van der Waals surface area contributed by atoms with E-state index in [1.165, 1.54) is 0 Å².